The van der Waals surface area contributed by atoms with Gasteiger partial charge in [-0.15, -0.1) is 0 Å². The van der Waals surface area contributed by atoms with E-state index in [-0.39, 0.29) is 5.92 Å². The molecule has 1 fully saturated rings. The summed E-state index contributed by atoms with van der Waals surface area (Å²) in [7, 11) is 2.03. The summed E-state index contributed by atoms with van der Waals surface area (Å²) in [4.78, 5) is 2.18. The van der Waals surface area contributed by atoms with Gasteiger partial charge in [0.15, 0.2) is 0 Å². The molecule has 1 aliphatic rings. The van der Waals surface area contributed by atoms with Crippen molar-refractivity contribution in [1.82, 2.24) is 4.90 Å². The topological polar surface area (TPSA) is 47.3 Å². The molecule has 1 rings (SSSR count). The Labute approximate surface area is 105 Å². The molecule has 0 radical (unpaired) electrons. The fourth-order valence-corrected chi connectivity index (χ4v) is 2.97. The summed E-state index contributed by atoms with van der Waals surface area (Å²) in [6, 6.07) is 2.75. The third-order valence-electron chi connectivity index (χ3n) is 3.87. The van der Waals surface area contributed by atoms with E-state index in [1.54, 1.807) is 0 Å². The van der Waals surface area contributed by atoms with Gasteiger partial charge in [0.25, 0.3) is 0 Å². The van der Waals surface area contributed by atoms with E-state index >= 15 is 0 Å². The third-order valence-corrected chi connectivity index (χ3v) is 3.87. The second kappa shape index (κ2) is 5.84. The molecule has 1 N–H and O–H groups in total. The second-order valence-corrected chi connectivity index (χ2v) is 6.12. The maximum atomic E-state index is 9.88. The van der Waals surface area contributed by atoms with E-state index < -0.39 is 5.60 Å². The van der Waals surface area contributed by atoms with Crippen molar-refractivity contribution in [2.45, 2.75) is 58.1 Å². The molecule has 17 heavy (non-hydrogen) atoms. The lowest BCUT2D eigenvalue weighted by atomic mass is 9.77. The number of hydrogen-bond donors (Lipinski definition) is 1. The van der Waals surface area contributed by atoms with E-state index in [0.29, 0.717) is 12.6 Å². The maximum absolute atomic E-state index is 9.88. The van der Waals surface area contributed by atoms with Crippen LogP contribution in [-0.2, 0) is 0 Å². The van der Waals surface area contributed by atoms with Gasteiger partial charge in [0.05, 0.1) is 17.6 Å². The molecule has 3 nitrogen and oxygen atoms in total. The van der Waals surface area contributed by atoms with Gasteiger partial charge in [-0.2, -0.15) is 5.26 Å². The van der Waals surface area contributed by atoms with Crippen LogP contribution in [-0.4, -0.2) is 35.2 Å². The summed E-state index contributed by atoms with van der Waals surface area (Å²) in [5.41, 5.74) is -0.687. The van der Waals surface area contributed by atoms with Gasteiger partial charge >= 0.3 is 0 Å². The van der Waals surface area contributed by atoms with Crippen LogP contribution in [0.5, 0.6) is 0 Å². The van der Waals surface area contributed by atoms with Crippen LogP contribution in [0, 0.1) is 23.2 Å². The first-order valence-corrected chi connectivity index (χ1v) is 6.69. The molecule has 1 saturated carbocycles. The van der Waals surface area contributed by atoms with Crippen molar-refractivity contribution in [3.8, 4) is 6.07 Å². The molecule has 98 valence electrons. The van der Waals surface area contributed by atoms with Crippen LogP contribution in [0.1, 0.15) is 46.5 Å². The predicted molar refractivity (Wildman–Crippen MR) is 69.5 cm³/mol. The smallest absolute Gasteiger partial charge is 0.0718 e. The number of rotatable bonds is 4. The second-order valence-electron chi connectivity index (χ2n) is 6.12. The van der Waals surface area contributed by atoms with Crippen LogP contribution in [0.15, 0.2) is 0 Å². The first-order chi connectivity index (χ1) is 7.87. The number of likely N-dealkylation sites (N-methyl/N-ethyl adjacent to an activating group) is 1. The Morgan fingerprint density at radius 2 is 2.06 bits per heavy atom. The van der Waals surface area contributed by atoms with Gasteiger partial charge in [-0.1, -0.05) is 13.3 Å². The maximum Gasteiger partial charge on any atom is 0.0718 e. The first kappa shape index (κ1) is 14.5. The van der Waals surface area contributed by atoms with Gasteiger partial charge in [0.1, 0.15) is 0 Å². The molecule has 0 aromatic carbocycles. The summed E-state index contributed by atoms with van der Waals surface area (Å²) in [6.45, 7) is 6.51. The van der Waals surface area contributed by atoms with Gasteiger partial charge < -0.3 is 5.11 Å². The van der Waals surface area contributed by atoms with Crippen molar-refractivity contribution in [1.29, 1.82) is 5.26 Å². The minimum atomic E-state index is -0.687. The monoisotopic (exact) mass is 238 g/mol. The summed E-state index contributed by atoms with van der Waals surface area (Å²) in [5.74, 6) is 0.874. The van der Waals surface area contributed by atoms with Crippen molar-refractivity contribution < 1.29 is 5.11 Å². The van der Waals surface area contributed by atoms with Crippen molar-refractivity contribution in [3.05, 3.63) is 0 Å². The first-order valence-electron chi connectivity index (χ1n) is 6.69. The van der Waals surface area contributed by atoms with Gasteiger partial charge in [0.2, 0.25) is 0 Å². The molecule has 1 aliphatic carbocycles. The minimum absolute atomic E-state index is 0.130. The van der Waals surface area contributed by atoms with Crippen LogP contribution in [0.25, 0.3) is 0 Å². The fraction of sp³-hybridized carbons (Fsp3) is 0.929. The average Bonchev–Trinajstić information content (AvgIpc) is 2.25. The summed E-state index contributed by atoms with van der Waals surface area (Å²) < 4.78 is 0. The van der Waals surface area contributed by atoms with Crippen LogP contribution < -0.4 is 0 Å². The molecule has 0 aliphatic heterocycles. The van der Waals surface area contributed by atoms with Crippen molar-refractivity contribution >= 4 is 0 Å². The zero-order valence-corrected chi connectivity index (χ0v) is 11.6. The summed E-state index contributed by atoms with van der Waals surface area (Å²) >= 11 is 0. The Balaban J connectivity index is 2.66. The molecule has 0 saturated heterocycles. The van der Waals surface area contributed by atoms with Crippen LogP contribution >= 0.6 is 0 Å². The van der Waals surface area contributed by atoms with E-state index in [1.807, 2.05) is 20.9 Å². The van der Waals surface area contributed by atoms with E-state index in [2.05, 4.69) is 17.9 Å². The molecular formula is C14H26N2O. The minimum Gasteiger partial charge on any atom is -0.389 e. The molecule has 0 aromatic rings. The van der Waals surface area contributed by atoms with E-state index in [1.165, 1.54) is 12.8 Å². The van der Waals surface area contributed by atoms with E-state index in [0.717, 1.165) is 18.8 Å². The van der Waals surface area contributed by atoms with E-state index in [9.17, 15) is 10.4 Å². The third kappa shape index (κ3) is 4.29. The quantitative estimate of drug-likeness (QED) is 0.818. The van der Waals surface area contributed by atoms with Gasteiger partial charge in [-0.25, -0.2) is 0 Å². The summed E-state index contributed by atoms with van der Waals surface area (Å²) in [6.07, 6.45) is 4.49. The highest BCUT2D eigenvalue weighted by Gasteiger charge is 2.33. The lowest BCUT2D eigenvalue weighted by Crippen LogP contribution is -2.47. The Morgan fingerprint density at radius 1 is 1.41 bits per heavy atom. The SMILES string of the molecule is CCC1CCC(C#N)C(N(C)CC(C)(C)O)C1. The molecule has 0 spiro atoms. The summed E-state index contributed by atoms with van der Waals surface area (Å²) in [5, 5.41) is 19.1. The lowest BCUT2D eigenvalue weighted by Gasteiger charge is -2.40. The van der Waals surface area contributed by atoms with Crippen LogP contribution in [0.4, 0.5) is 0 Å². The van der Waals surface area contributed by atoms with Crippen molar-refractivity contribution in [2.75, 3.05) is 13.6 Å². The van der Waals surface area contributed by atoms with Gasteiger partial charge in [-0.3, -0.25) is 4.90 Å². The van der Waals surface area contributed by atoms with Gasteiger partial charge in [0, 0.05) is 12.6 Å². The Morgan fingerprint density at radius 3 is 2.53 bits per heavy atom. The molecule has 3 unspecified atom stereocenters. The van der Waals surface area contributed by atoms with Crippen LogP contribution in [0.2, 0.25) is 0 Å². The normalized spacial score (nSPS) is 30.3. The number of nitrogens with zero attached hydrogens (tertiary/aromatic N) is 2. The Bertz CT molecular complexity index is 277. The predicted octanol–water partition coefficient (Wildman–Crippen LogP) is 2.41. The lowest BCUT2D eigenvalue weighted by molar-refractivity contribution is 0.0129. The molecule has 3 heteroatoms. The zero-order valence-electron chi connectivity index (χ0n) is 11.6. The molecule has 0 heterocycles. The average molecular weight is 238 g/mol. The van der Waals surface area contributed by atoms with E-state index in [4.69, 9.17) is 0 Å². The number of nitriles is 1. The zero-order chi connectivity index (χ0) is 13.1. The fourth-order valence-electron chi connectivity index (χ4n) is 2.97. The number of aliphatic hydroxyl groups is 1. The highest BCUT2D eigenvalue weighted by molar-refractivity contribution is 4.97. The Hall–Kier alpha value is -0.590. The van der Waals surface area contributed by atoms with Crippen molar-refractivity contribution in [2.24, 2.45) is 11.8 Å². The number of hydrogen-bond acceptors (Lipinski definition) is 3. The Kier molecular flexibility index (Phi) is 4.97. The molecule has 0 aromatic heterocycles. The molecule has 3 atom stereocenters. The van der Waals surface area contributed by atoms with Gasteiger partial charge in [-0.05, 0) is 46.1 Å². The molecule has 0 bridgehead atoms. The largest absolute Gasteiger partial charge is 0.389 e. The molecular weight excluding hydrogens is 212 g/mol. The standard InChI is InChI=1S/C14H26N2O/c1-5-11-6-7-12(9-15)13(8-11)16(4)10-14(2,3)17/h11-13,17H,5-8,10H2,1-4H3. The highest BCUT2D eigenvalue weighted by Crippen LogP contribution is 2.33. The van der Waals surface area contributed by atoms with Crippen LogP contribution in [0.3, 0.4) is 0 Å². The van der Waals surface area contributed by atoms with Crippen molar-refractivity contribution in [3.63, 3.8) is 0 Å². The molecule has 0 amide bonds. The highest BCUT2D eigenvalue weighted by atomic mass is 16.3.